The summed E-state index contributed by atoms with van der Waals surface area (Å²) < 4.78 is 0. The van der Waals surface area contributed by atoms with E-state index < -0.39 is 0 Å². The fraction of sp³-hybridized carbons (Fsp3) is 0. The first-order valence-corrected chi connectivity index (χ1v) is 8.50. The summed E-state index contributed by atoms with van der Waals surface area (Å²) in [5, 5.41) is 7.82. The monoisotopic (exact) mass is 319 g/mol. The number of rotatable bonds is 1. The minimum absolute atomic E-state index is 0.793. The van der Waals surface area contributed by atoms with Crippen molar-refractivity contribution in [3.8, 4) is 11.1 Å². The van der Waals surface area contributed by atoms with Gasteiger partial charge in [0.25, 0.3) is 0 Å². The summed E-state index contributed by atoms with van der Waals surface area (Å²) >= 11 is 0. The highest BCUT2D eigenvalue weighted by molar-refractivity contribution is 6.25. The Hall–Kier alpha value is -3.32. The second-order valence-corrected chi connectivity index (χ2v) is 6.47. The van der Waals surface area contributed by atoms with Crippen molar-refractivity contribution >= 4 is 38.0 Å². The highest BCUT2D eigenvalue weighted by atomic mass is 14.5. The van der Waals surface area contributed by atoms with Gasteiger partial charge in [0.05, 0.1) is 0 Å². The van der Waals surface area contributed by atoms with Crippen molar-refractivity contribution in [1.82, 2.24) is 0 Å². The molecule has 0 radical (unpaired) electrons. The second-order valence-electron chi connectivity index (χ2n) is 6.47. The fourth-order valence-electron chi connectivity index (χ4n) is 3.76. The Morgan fingerprint density at radius 3 is 1.40 bits per heavy atom. The van der Waals surface area contributed by atoms with Gasteiger partial charge in [-0.3, -0.25) is 0 Å². The highest BCUT2D eigenvalue weighted by Gasteiger charge is 2.09. The van der Waals surface area contributed by atoms with Crippen LogP contribution in [-0.4, -0.2) is 0 Å². The molecule has 0 unspecified atom stereocenters. The van der Waals surface area contributed by atoms with Crippen molar-refractivity contribution in [2.75, 3.05) is 5.73 Å². The van der Waals surface area contributed by atoms with Gasteiger partial charge in [-0.25, -0.2) is 0 Å². The van der Waals surface area contributed by atoms with Crippen molar-refractivity contribution in [3.63, 3.8) is 0 Å². The average Bonchev–Trinajstić information content (AvgIpc) is 2.68. The molecule has 118 valence electrons. The maximum Gasteiger partial charge on any atom is 0.0314 e. The van der Waals surface area contributed by atoms with Gasteiger partial charge in [0.1, 0.15) is 0 Å². The van der Waals surface area contributed by atoms with Crippen molar-refractivity contribution in [1.29, 1.82) is 0 Å². The summed E-state index contributed by atoms with van der Waals surface area (Å²) in [6, 6.07) is 32.2. The minimum Gasteiger partial charge on any atom is -0.399 e. The molecule has 1 nitrogen and oxygen atoms in total. The zero-order chi connectivity index (χ0) is 16.8. The van der Waals surface area contributed by atoms with Crippen molar-refractivity contribution in [3.05, 3.63) is 91.0 Å². The topological polar surface area (TPSA) is 26.0 Å². The van der Waals surface area contributed by atoms with Gasteiger partial charge in [-0.05, 0) is 61.6 Å². The van der Waals surface area contributed by atoms with Crippen molar-refractivity contribution in [2.45, 2.75) is 0 Å². The smallest absolute Gasteiger partial charge is 0.0314 e. The summed E-state index contributed by atoms with van der Waals surface area (Å²) in [6.07, 6.45) is 0. The van der Waals surface area contributed by atoms with E-state index in [2.05, 4.69) is 78.9 Å². The predicted octanol–water partition coefficient (Wildman–Crippen LogP) is 6.40. The lowest BCUT2D eigenvalue weighted by Crippen LogP contribution is -1.86. The molecule has 25 heavy (non-hydrogen) atoms. The Bertz CT molecular complexity index is 1200. The molecule has 0 aliphatic rings. The van der Waals surface area contributed by atoms with Gasteiger partial charge in [-0.2, -0.15) is 0 Å². The first-order chi connectivity index (χ1) is 12.3. The fourth-order valence-corrected chi connectivity index (χ4v) is 3.76. The molecule has 0 aromatic heterocycles. The molecule has 0 fully saturated rings. The molecule has 0 bridgehead atoms. The number of anilines is 1. The van der Waals surface area contributed by atoms with Crippen molar-refractivity contribution < 1.29 is 0 Å². The lowest BCUT2D eigenvalue weighted by atomic mass is 9.92. The molecule has 2 N–H and O–H groups in total. The Balaban J connectivity index is 1.91. The number of nitrogen functional groups attached to an aromatic ring is 1. The number of fused-ring (bicyclic) bond motifs is 6. The molecular formula is C24H17N. The summed E-state index contributed by atoms with van der Waals surface area (Å²) in [5.74, 6) is 0. The van der Waals surface area contributed by atoms with Crippen LogP contribution in [0.15, 0.2) is 91.0 Å². The molecule has 0 aliphatic heterocycles. The third-order valence-corrected chi connectivity index (χ3v) is 4.99. The standard InChI is InChI=1S/C24H17N/c25-18-12-9-16(10-13-18)17-11-14-23-21-7-2-1-5-19(21)20-6-3-4-8-22(20)24(23)15-17/h1-15H,25H2. The van der Waals surface area contributed by atoms with E-state index in [-0.39, 0.29) is 0 Å². The van der Waals surface area contributed by atoms with E-state index in [4.69, 9.17) is 5.73 Å². The van der Waals surface area contributed by atoms with Gasteiger partial charge in [0, 0.05) is 5.69 Å². The van der Waals surface area contributed by atoms with Crippen LogP contribution in [0.25, 0.3) is 43.4 Å². The first kappa shape index (κ1) is 14.1. The molecule has 5 rings (SSSR count). The Labute approximate surface area is 146 Å². The van der Waals surface area contributed by atoms with Gasteiger partial charge in [-0.1, -0.05) is 72.8 Å². The zero-order valence-corrected chi connectivity index (χ0v) is 13.7. The number of nitrogens with two attached hydrogens (primary N) is 1. The van der Waals surface area contributed by atoms with Crippen LogP contribution >= 0.6 is 0 Å². The number of hydrogen-bond donors (Lipinski definition) is 1. The third-order valence-electron chi connectivity index (χ3n) is 4.99. The van der Waals surface area contributed by atoms with Gasteiger partial charge in [0.2, 0.25) is 0 Å². The first-order valence-electron chi connectivity index (χ1n) is 8.50. The van der Waals surface area contributed by atoms with E-state index in [0.717, 1.165) is 5.69 Å². The second kappa shape index (κ2) is 5.35. The lowest BCUT2D eigenvalue weighted by Gasteiger charge is -2.12. The Morgan fingerprint density at radius 1 is 0.400 bits per heavy atom. The largest absolute Gasteiger partial charge is 0.399 e. The SMILES string of the molecule is Nc1ccc(-c2ccc3c4ccccc4c4ccccc4c3c2)cc1. The van der Waals surface area contributed by atoms with Crippen LogP contribution in [0.5, 0.6) is 0 Å². The van der Waals surface area contributed by atoms with E-state index in [1.165, 1.54) is 43.4 Å². The van der Waals surface area contributed by atoms with Crippen LogP contribution in [0.4, 0.5) is 5.69 Å². The summed E-state index contributed by atoms with van der Waals surface area (Å²) in [4.78, 5) is 0. The molecule has 5 aromatic rings. The molecule has 0 atom stereocenters. The molecule has 0 amide bonds. The van der Waals surface area contributed by atoms with E-state index in [1.807, 2.05) is 12.1 Å². The normalized spacial score (nSPS) is 11.4. The van der Waals surface area contributed by atoms with Gasteiger partial charge in [-0.15, -0.1) is 0 Å². The van der Waals surface area contributed by atoms with Crippen LogP contribution in [0.3, 0.4) is 0 Å². The predicted molar refractivity (Wildman–Crippen MR) is 109 cm³/mol. The van der Waals surface area contributed by atoms with E-state index in [9.17, 15) is 0 Å². The molecule has 5 aromatic carbocycles. The minimum atomic E-state index is 0.793. The highest BCUT2D eigenvalue weighted by Crippen LogP contribution is 2.36. The molecule has 0 aliphatic carbocycles. The third kappa shape index (κ3) is 2.17. The van der Waals surface area contributed by atoms with Crippen LogP contribution in [0.2, 0.25) is 0 Å². The number of benzene rings is 5. The van der Waals surface area contributed by atoms with E-state index >= 15 is 0 Å². The van der Waals surface area contributed by atoms with Gasteiger partial charge in [0.15, 0.2) is 0 Å². The summed E-state index contributed by atoms with van der Waals surface area (Å²) in [5.41, 5.74) is 9.03. The molecule has 1 heteroatoms. The molecule has 0 spiro atoms. The van der Waals surface area contributed by atoms with Crippen LogP contribution < -0.4 is 5.73 Å². The van der Waals surface area contributed by atoms with Crippen LogP contribution in [0.1, 0.15) is 0 Å². The Morgan fingerprint density at radius 2 is 0.840 bits per heavy atom. The molecule has 0 saturated heterocycles. The van der Waals surface area contributed by atoms with Gasteiger partial charge < -0.3 is 5.73 Å². The summed E-state index contributed by atoms with van der Waals surface area (Å²) in [7, 11) is 0. The number of hydrogen-bond acceptors (Lipinski definition) is 1. The maximum absolute atomic E-state index is 5.83. The lowest BCUT2D eigenvalue weighted by molar-refractivity contribution is 1.64. The van der Waals surface area contributed by atoms with Crippen LogP contribution in [0, 0.1) is 0 Å². The quantitative estimate of drug-likeness (QED) is 0.281. The molecule has 0 heterocycles. The summed E-state index contributed by atoms with van der Waals surface area (Å²) in [6.45, 7) is 0. The molecular weight excluding hydrogens is 302 g/mol. The maximum atomic E-state index is 5.83. The van der Waals surface area contributed by atoms with E-state index in [1.54, 1.807) is 0 Å². The molecule has 0 saturated carbocycles. The van der Waals surface area contributed by atoms with Crippen molar-refractivity contribution in [2.24, 2.45) is 0 Å². The van der Waals surface area contributed by atoms with E-state index in [0.29, 0.717) is 0 Å². The van der Waals surface area contributed by atoms with Gasteiger partial charge >= 0.3 is 0 Å². The average molecular weight is 319 g/mol. The zero-order valence-electron chi connectivity index (χ0n) is 13.7. The Kier molecular flexibility index (Phi) is 3.01. The van der Waals surface area contributed by atoms with Crippen LogP contribution in [-0.2, 0) is 0 Å².